The topological polar surface area (TPSA) is 81.6 Å². The minimum absolute atomic E-state index is 0.173. The molecule has 0 aromatic heterocycles. The number of para-hydroxylation sites is 1. The SMILES string of the molecule is CCc1ccc(NC(=O)c2ccccc2NCC(O)CO)cc1. The van der Waals surface area contributed by atoms with E-state index >= 15 is 0 Å². The Morgan fingerprint density at radius 1 is 1.13 bits per heavy atom. The number of rotatable bonds is 7. The van der Waals surface area contributed by atoms with Gasteiger partial charge in [0.2, 0.25) is 0 Å². The van der Waals surface area contributed by atoms with E-state index in [2.05, 4.69) is 17.6 Å². The average molecular weight is 314 g/mol. The van der Waals surface area contributed by atoms with Gasteiger partial charge in [-0.2, -0.15) is 0 Å². The summed E-state index contributed by atoms with van der Waals surface area (Å²) in [5.41, 5.74) is 3.04. The van der Waals surface area contributed by atoms with Crippen LogP contribution in [0.3, 0.4) is 0 Å². The lowest BCUT2D eigenvalue weighted by Gasteiger charge is -2.14. The van der Waals surface area contributed by atoms with Gasteiger partial charge in [-0.15, -0.1) is 0 Å². The minimum atomic E-state index is -0.868. The first-order valence-corrected chi connectivity index (χ1v) is 7.66. The highest BCUT2D eigenvalue weighted by Crippen LogP contribution is 2.18. The van der Waals surface area contributed by atoms with Crippen LogP contribution >= 0.6 is 0 Å². The second-order valence-corrected chi connectivity index (χ2v) is 5.27. The number of carbonyl (C=O) groups excluding carboxylic acids is 1. The van der Waals surface area contributed by atoms with Crippen molar-refractivity contribution in [2.24, 2.45) is 0 Å². The first-order valence-electron chi connectivity index (χ1n) is 7.66. The summed E-state index contributed by atoms with van der Waals surface area (Å²) in [5, 5.41) is 24.1. The lowest BCUT2D eigenvalue weighted by atomic mass is 10.1. The molecule has 0 spiro atoms. The summed E-state index contributed by atoms with van der Waals surface area (Å²) in [7, 11) is 0. The lowest BCUT2D eigenvalue weighted by Crippen LogP contribution is -2.24. The Bertz CT molecular complexity index is 641. The highest BCUT2D eigenvalue weighted by Gasteiger charge is 2.12. The molecule has 0 aliphatic carbocycles. The number of hydrogen-bond acceptors (Lipinski definition) is 4. The zero-order valence-corrected chi connectivity index (χ0v) is 13.1. The molecule has 1 unspecified atom stereocenters. The van der Waals surface area contributed by atoms with Crippen molar-refractivity contribution < 1.29 is 15.0 Å². The second-order valence-electron chi connectivity index (χ2n) is 5.27. The fraction of sp³-hybridized carbons (Fsp3) is 0.278. The smallest absolute Gasteiger partial charge is 0.257 e. The first kappa shape index (κ1) is 17.0. The van der Waals surface area contributed by atoms with Crippen molar-refractivity contribution in [3.63, 3.8) is 0 Å². The van der Waals surface area contributed by atoms with E-state index in [1.807, 2.05) is 24.3 Å². The summed E-state index contributed by atoms with van der Waals surface area (Å²) in [5.74, 6) is -0.226. The number of aliphatic hydroxyl groups excluding tert-OH is 2. The summed E-state index contributed by atoms with van der Waals surface area (Å²) in [4.78, 5) is 12.4. The Morgan fingerprint density at radius 2 is 1.83 bits per heavy atom. The number of anilines is 2. The summed E-state index contributed by atoms with van der Waals surface area (Å²) >= 11 is 0. The molecule has 0 saturated carbocycles. The molecule has 5 heteroatoms. The van der Waals surface area contributed by atoms with Crippen molar-refractivity contribution in [2.75, 3.05) is 23.8 Å². The first-order chi connectivity index (χ1) is 11.1. The van der Waals surface area contributed by atoms with Gasteiger partial charge in [-0.25, -0.2) is 0 Å². The molecule has 0 bridgehead atoms. The van der Waals surface area contributed by atoms with Crippen LogP contribution in [-0.2, 0) is 6.42 Å². The Labute approximate surface area is 136 Å². The van der Waals surface area contributed by atoms with E-state index in [-0.39, 0.29) is 19.1 Å². The molecule has 23 heavy (non-hydrogen) atoms. The molecular formula is C18H22N2O3. The Morgan fingerprint density at radius 3 is 2.48 bits per heavy atom. The third-order valence-electron chi connectivity index (χ3n) is 3.53. The van der Waals surface area contributed by atoms with Crippen molar-refractivity contribution in [1.29, 1.82) is 0 Å². The molecule has 2 aromatic rings. The van der Waals surface area contributed by atoms with Gasteiger partial charge in [0.25, 0.3) is 5.91 Å². The molecule has 5 nitrogen and oxygen atoms in total. The largest absolute Gasteiger partial charge is 0.394 e. The zero-order chi connectivity index (χ0) is 16.7. The van der Waals surface area contributed by atoms with Crippen molar-refractivity contribution in [3.8, 4) is 0 Å². The third kappa shape index (κ3) is 4.81. The zero-order valence-electron chi connectivity index (χ0n) is 13.1. The predicted octanol–water partition coefficient (Wildman–Crippen LogP) is 2.27. The van der Waals surface area contributed by atoms with Crippen molar-refractivity contribution in [2.45, 2.75) is 19.4 Å². The molecule has 1 atom stereocenters. The molecule has 0 aliphatic heterocycles. The number of nitrogens with one attached hydrogen (secondary N) is 2. The van der Waals surface area contributed by atoms with E-state index in [9.17, 15) is 9.90 Å². The van der Waals surface area contributed by atoms with E-state index in [0.29, 0.717) is 11.3 Å². The van der Waals surface area contributed by atoms with E-state index in [1.54, 1.807) is 24.3 Å². The van der Waals surface area contributed by atoms with Crippen LogP contribution in [0.1, 0.15) is 22.8 Å². The number of amides is 1. The van der Waals surface area contributed by atoms with Crippen molar-refractivity contribution >= 4 is 17.3 Å². The van der Waals surface area contributed by atoms with Crippen LogP contribution in [0.25, 0.3) is 0 Å². The van der Waals surface area contributed by atoms with Gasteiger partial charge < -0.3 is 20.8 Å². The molecule has 0 aliphatic rings. The molecule has 2 rings (SSSR count). The monoisotopic (exact) mass is 314 g/mol. The van der Waals surface area contributed by atoms with Crippen LogP contribution in [0.4, 0.5) is 11.4 Å². The Balaban J connectivity index is 2.08. The van der Waals surface area contributed by atoms with Gasteiger partial charge in [-0.05, 0) is 36.2 Å². The van der Waals surface area contributed by atoms with Gasteiger partial charge in [-0.1, -0.05) is 31.2 Å². The maximum absolute atomic E-state index is 12.4. The van der Waals surface area contributed by atoms with Crippen molar-refractivity contribution in [3.05, 3.63) is 59.7 Å². The second kappa shape index (κ2) is 8.31. The molecule has 1 amide bonds. The van der Waals surface area contributed by atoms with Gasteiger partial charge in [0.1, 0.15) is 0 Å². The van der Waals surface area contributed by atoms with E-state index in [4.69, 9.17) is 5.11 Å². The normalized spacial score (nSPS) is 11.8. The van der Waals surface area contributed by atoms with Crippen LogP contribution in [0.15, 0.2) is 48.5 Å². The van der Waals surface area contributed by atoms with Crippen LogP contribution < -0.4 is 10.6 Å². The van der Waals surface area contributed by atoms with E-state index < -0.39 is 6.10 Å². The molecule has 0 saturated heterocycles. The molecule has 0 radical (unpaired) electrons. The van der Waals surface area contributed by atoms with Crippen LogP contribution in [0.2, 0.25) is 0 Å². The average Bonchev–Trinajstić information content (AvgIpc) is 2.60. The fourth-order valence-electron chi connectivity index (χ4n) is 2.15. The predicted molar refractivity (Wildman–Crippen MR) is 91.8 cm³/mol. The van der Waals surface area contributed by atoms with Gasteiger partial charge in [0.05, 0.1) is 18.3 Å². The Hall–Kier alpha value is -2.37. The summed E-state index contributed by atoms with van der Waals surface area (Å²) in [6.07, 6.45) is 0.0847. The molecule has 2 aromatic carbocycles. The highest BCUT2D eigenvalue weighted by atomic mass is 16.3. The van der Waals surface area contributed by atoms with E-state index in [1.165, 1.54) is 5.56 Å². The fourth-order valence-corrected chi connectivity index (χ4v) is 2.15. The van der Waals surface area contributed by atoms with Crippen molar-refractivity contribution in [1.82, 2.24) is 0 Å². The number of aryl methyl sites for hydroxylation is 1. The Kier molecular flexibility index (Phi) is 6.14. The number of aliphatic hydroxyl groups is 2. The van der Waals surface area contributed by atoms with Gasteiger partial charge in [0.15, 0.2) is 0 Å². The molecule has 0 fully saturated rings. The maximum Gasteiger partial charge on any atom is 0.257 e. The molecule has 0 heterocycles. The van der Waals surface area contributed by atoms with Gasteiger partial charge in [0, 0.05) is 17.9 Å². The lowest BCUT2D eigenvalue weighted by molar-refractivity contribution is 0.102. The highest BCUT2D eigenvalue weighted by molar-refractivity contribution is 6.08. The summed E-state index contributed by atoms with van der Waals surface area (Å²) < 4.78 is 0. The molecule has 122 valence electrons. The molecular weight excluding hydrogens is 292 g/mol. The number of hydrogen-bond donors (Lipinski definition) is 4. The summed E-state index contributed by atoms with van der Waals surface area (Å²) in [6.45, 7) is 1.92. The quantitative estimate of drug-likeness (QED) is 0.632. The van der Waals surface area contributed by atoms with Gasteiger partial charge in [-0.3, -0.25) is 4.79 Å². The maximum atomic E-state index is 12.4. The standard InChI is InChI=1S/C18H22N2O3/c1-2-13-7-9-14(10-8-13)20-18(23)16-5-3-4-6-17(16)19-11-15(22)12-21/h3-10,15,19,21-22H,2,11-12H2,1H3,(H,20,23). The van der Waals surface area contributed by atoms with Gasteiger partial charge >= 0.3 is 0 Å². The number of benzene rings is 2. The number of carbonyl (C=O) groups is 1. The van der Waals surface area contributed by atoms with Crippen LogP contribution in [0, 0.1) is 0 Å². The molecule has 4 N–H and O–H groups in total. The van der Waals surface area contributed by atoms with Crippen LogP contribution in [0.5, 0.6) is 0 Å². The van der Waals surface area contributed by atoms with Crippen LogP contribution in [-0.4, -0.2) is 35.4 Å². The minimum Gasteiger partial charge on any atom is -0.394 e. The summed E-state index contributed by atoms with van der Waals surface area (Å²) in [6, 6.07) is 14.8. The van der Waals surface area contributed by atoms with E-state index in [0.717, 1.165) is 12.1 Å². The third-order valence-corrected chi connectivity index (χ3v) is 3.53.